The van der Waals surface area contributed by atoms with Crippen molar-refractivity contribution in [2.45, 2.75) is 51.4 Å². The van der Waals surface area contributed by atoms with E-state index in [1.807, 2.05) is 4.90 Å². The third-order valence-electron chi connectivity index (χ3n) is 6.00. The maximum Gasteiger partial charge on any atom is 0.253 e. The number of amides is 2. The topological polar surface area (TPSA) is 84.7 Å². The highest BCUT2D eigenvalue weighted by Gasteiger charge is 2.33. The third-order valence-corrected chi connectivity index (χ3v) is 6.00. The van der Waals surface area contributed by atoms with E-state index in [1.54, 1.807) is 25.3 Å². The Kier molecular flexibility index (Phi) is 6.37. The Hall–Kier alpha value is -2.08. The van der Waals surface area contributed by atoms with E-state index in [1.165, 1.54) is 6.42 Å². The van der Waals surface area contributed by atoms with Gasteiger partial charge in [0.15, 0.2) is 0 Å². The van der Waals surface area contributed by atoms with Crippen molar-refractivity contribution < 1.29 is 14.3 Å². The van der Waals surface area contributed by atoms with Crippen molar-refractivity contribution >= 4 is 17.5 Å². The number of ether oxygens (including phenoxy) is 1. The van der Waals surface area contributed by atoms with Gasteiger partial charge >= 0.3 is 0 Å². The molecule has 27 heavy (non-hydrogen) atoms. The molecule has 1 aliphatic heterocycles. The number of methoxy groups -OCH3 is 1. The van der Waals surface area contributed by atoms with Crippen LogP contribution in [0, 0.1) is 5.41 Å². The number of hydrogen-bond donors (Lipinski definition) is 2. The van der Waals surface area contributed by atoms with Gasteiger partial charge in [-0.25, -0.2) is 0 Å². The molecule has 0 bridgehead atoms. The molecule has 1 heterocycles. The predicted octanol–water partition coefficient (Wildman–Crippen LogP) is 3.17. The van der Waals surface area contributed by atoms with Gasteiger partial charge in [0.1, 0.15) is 5.75 Å². The van der Waals surface area contributed by atoms with E-state index < -0.39 is 0 Å². The first kappa shape index (κ1) is 19.7. The molecule has 6 heteroatoms. The summed E-state index contributed by atoms with van der Waals surface area (Å²) in [6, 6.07) is 5.24. The zero-order valence-corrected chi connectivity index (χ0v) is 16.3. The van der Waals surface area contributed by atoms with Crippen LogP contribution in [0.25, 0.3) is 0 Å². The SMILES string of the molecule is COc1ccc(C(=O)N2CCCC2)cc1NC(=O)CC1(CN)CCCCC1. The number of likely N-dealkylation sites (tertiary alicyclic amines) is 1. The van der Waals surface area contributed by atoms with E-state index in [9.17, 15) is 9.59 Å². The highest BCUT2D eigenvalue weighted by Crippen LogP contribution is 2.39. The van der Waals surface area contributed by atoms with E-state index in [0.717, 1.165) is 51.6 Å². The van der Waals surface area contributed by atoms with Crippen LogP contribution >= 0.6 is 0 Å². The Bertz CT molecular complexity index is 677. The molecule has 2 amide bonds. The largest absolute Gasteiger partial charge is 0.495 e. The van der Waals surface area contributed by atoms with E-state index in [2.05, 4.69) is 5.32 Å². The Morgan fingerprint density at radius 1 is 1.15 bits per heavy atom. The fourth-order valence-electron chi connectivity index (χ4n) is 4.33. The summed E-state index contributed by atoms with van der Waals surface area (Å²) in [4.78, 5) is 27.2. The standard InChI is InChI=1S/C21H31N3O3/c1-27-18-8-7-16(20(26)24-11-5-6-12-24)13-17(18)23-19(25)14-21(15-22)9-3-2-4-10-21/h7-8,13H,2-6,9-12,14-15,22H2,1H3,(H,23,25). The van der Waals surface area contributed by atoms with Crippen LogP contribution in [0.4, 0.5) is 5.69 Å². The molecule has 6 nitrogen and oxygen atoms in total. The molecule has 0 aromatic heterocycles. The maximum atomic E-state index is 12.7. The summed E-state index contributed by atoms with van der Waals surface area (Å²) in [5, 5.41) is 2.96. The van der Waals surface area contributed by atoms with Gasteiger partial charge in [-0.2, -0.15) is 0 Å². The fraction of sp³-hybridized carbons (Fsp3) is 0.619. The van der Waals surface area contributed by atoms with Crippen molar-refractivity contribution in [2.75, 3.05) is 32.1 Å². The Morgan fingerprint density at radius 3 is 2.48 bits per heavy atom. The monoisotopic (exact) mass is 373 g/mol. The van der Waals surface area contributed by atoms with Crippen molar-refractivity contribution in [3.63, 3.8) is 0 Å². The first-order valence-corrected chi connectivity index (χ1v) is 10.0. The second-order valence-corrected chi connectivity index (χ2v) is 7.90. The zero-order valence-electron chi connectivity index (χ0n) is 16.3. The molecule has 0 unspecified atom stereocenters. The van der Waals surface area contributed by atoms with Gasteiger partial charge in [0.2, 0.25) is 5.91 Å². The van der Waals surface area contributed by atoms with Crippen LogP contribution in [0.5, 0.6) is 5.75 Å². The summed E-state index contributed by atoms with van der Waals surface area (Å²) in [5.74, 6) is 0.509. The minimum Gasteiger partial charge on any atom is -0.495 e. The number of carbonyl (C=O) groups is 2. The van der Waals surface area contributed by atoms with Crippen LogP contribution < -0.4 is 15.8 Å². The normalized spacial score (nSPS) is 19.0. The number of hydrogen-bond acceptors (Lipinski definition) is 4. The average Bonchev–Trinajstić information content (AvgIpc) is 3.22. The molecule has 0 radical (unpaired) electrons. The minimum absolute atomic E-state index is 0.0105. The molecular formula is C21H31N3O3. The van der Waals surface area contributed by atoms with E-state index in [4.69, 9.17) is 10.5 Å². The number of nitrogens with one attached hydrogen (secondary N) is 1. The first-order chi connectivity index (χ1) is 13.1. The highest BCUT2D eigenvalue weighted by molar-refractivity contribution is 5.98. The summed E-state index contributed by atoms with van der Waals surface area (Å²) in [7, 11) is 1.56. The first-order valence-electron chi connectivity index (χ1n) is 10.0. The van der Waals surface area contributed by atoms with Gasteiger partial charge < -0.3 is 20.7 Å². The van der Waals surface area contributed by atoms with Crippen molar-refractivity contribution in [2.24, 2.45) is 11.1 Å². The van der Waals surface area contributed by atoms with Crippen LogP contribution in [0.3, 0.4) is 0 Å². The number of nitrogens with two attached hydrogens (primary N) is 1. The summed E-state index contributed by atoms with van der Waals surface area (Å²) in [5.41, 5.74) is 7.05. The molecule has 2 fully saturated rings. The second-order valence-electron chi connectivity index (χ2n) is 7.90. The Balaban J connectivity index is 1.73. The molecule has 2 aliphatic rings. The van der Waals surface area contributed by atoms with Crippen LogP contribution in [-0.4, -0.2) is 43.5 Å². The molecule has 0 atom stereocenters. The predicted molar refractivity (Wildman–Crippen MR) is 106 cm³/mol. The summed E-state index contributed by atoms with van der Waals surface area (Å²) < 4.78 is 5.38. The van der Waals surface area contributed by atoms with E-state index in [-0.39, 0.29) is 17.2 Å². The third kappa shape index (κ3) is 4.61. The number of nitrogens with zero attached hydrogens (tertiary/aromatic N) is 1. The summed E-state index contributed by atoms with van der Waals surface area (Å²) in [6.45, 7) is 2.13. The van der Waals surface area contributed by atoms with Crippen LogP contribution in [0.15, 0.2) is 18.2 Å². The lowest BCUT2D eigenvalue weighted by Gasteiger charge is -2.35. The molecule has 3 rings (SSSR count). The van der Waals surface area contributed by atoms with Crippen molar-refractivity contribution in [1.29, 1.82) is 0 Å². The molecule has 0 spiro atoms. The van der Waals surface area contributed by atoms with Crippen molar-refractivity contribution in [1.82, 2.24) is 4.90 Å². The minimum atomic E-state index is -0.0987. The summed E-state index contributed by atoms with van der Waals surface area (Å²) in [6.07, 6.45) is 8.00. The maximum absolute atomic E-state index is 12.7. The molecule has 1 aromatic rings. The second kappa shape index (κ2) is 8.74. The smallest absolute Gasteiger partial charge is 0.253 e. The van der Waals surface area contributed by atoms with E-state index in [0.29, 0.717) is 30.0 Å². The van der Waals surface area contributed by atoms with Gasteiger partial charge in [0.25, 0.3) is 5.91 Å². The number of benzene rings is 1. The lowest BCUT2D eigenvalue weighted by atomic mass is 9.71. The molecule has 1 aliphatic carbocycles. The lowest BCUT2D eigenvalue weighted by molar-refractivity contribution is -0.118. The molecular weight excluding hydrogens is 342 g/mol. The van der Waals surface area contributed by atoms with Gasteiger partial charge in [-0.3, -0.25) is 9.59 Å². The average molecular weight is 373 g/mol. The van der Waals surface area contributed by atoms with Crippen molar-refractivity contribution in [3.05, 3.63) is 23.8 Å². The molecule has 1 saturated carbocycles. The molecule has 148 valence electrons. The highest BCUT2D eigenvalue weighted by atomic mass is 16.5. The van der Waals surface area contributed by atoms with Crippen LogP contribution in [-0.2, 0) is 4.79 Å². The van der Waals surface area contributed by atoms with E-state index >= 15 is 0 Å². The Labute approximate surface area is 161 Å². The fourth-order valence-corrected chi connectivity index (χ4v) is 4.33. The van der Waals surface area contributed by atoms with Crippen LogP contribution in [0.1, 0.15) is 61.7 Å². The zero-order chi connectivity index (χ0) is 19.3. The van der Waals surface area contributed by atoms with Crippen molar-refractivity contribution in [3.8, 4) is 5.75 Å². The lowest BCUT2D eigenvalue weighted by Crippen LogP contribution is -2.36. The van der Waals surface area contributed by atoms with Gasteiger partial charge in [-0.05, 0) is 55.8 Å². The molecule has 1 aromatic carbocycles. The van der Waals surface area contributed by atoms with Gasteiger partial charge in [-0.1, -0.05) is 19.3 Å². The number of anilines is 1. The molecule has 1 saturated heterocycles. The van der Waals surface area contributed by atoms with Crippen LogP contribution in [0.2, 0.25) is 0 Å². The molecule has 3 N–H and O–H groups in total. The van der Waals surface area contributed by atoms with Gasteiger partial charge in [0.05, 0.1) is 12.8 Å². The number of carbonyl (C=O) groups excluding carboxylic acids is 2. The quantitative estimate of drug-likeness (QED) is 0.802. The number of rotatable bonds is 6. The Morgan fingerprint density at radius 2 is 1.85 bits per heavy atom. The van der Waals surface area contributed by atoms with Gasteiger partial charge in [0, 0.05) is 25.1 Å². The van der Waals surface area contributed by atoms with Gasteiger partial charge in [-0.15, -0.1) is 0 Å². The summed E-state index contributed by atoms with van der Waals surface area (Å²) >= 11 is 0.